The summed E-state index contributed by atoms with van der Waals surface area (Å²) < 4.78 is 13.7. The molecule has 16 heavy (non-hydrogen) atoms. The van der Waals surface area contributed by atoms with Crippen LogP contribution in [0.25, 0.3) is 0 Å². The van der Waals surface area contributed by atoms with Crippen LogP contribution in [0.5, 0.6) is 0 Å². The van der Waals surface area contributed by atoms with Crippen LogP contribution in [0.2, 0.25) is 0 Å². The van der Waals surface area contributed by atoms with E-state index in [9.17, 15) is 4.39 Å². The Morgan fingerprint density at radius 3 is 2.75 bits per heavy atom. The molecule has 0 spiro atoms. The zero-order valence-corrected chi connectivity index (χ0v) is 10.6. The van der Waals surface area contributed by atoms with E-state index in [4.69, 9.17) is 5.84 Å². The van der Waals surface area contributed by atoms with E-state index in [0.29, 0.717) is 5.69 Å². The molecule has 0 aliphatic heterocycles. The molecule has 0 fully saturated rings. The van der Waals surface area contributed by atoms with Gasteiger partial charge in [-0.25, -0.2) is 9.82 Å². The van der Waals surface area contributed by atoms with Crippen molar-refractivity contribution in [2.24, 2.45) is 5.84 Å². The van der Waals surface area contributed by atoms with Crippen LogP contribution in [0, 0.1) is 5.82 Å². The molecule has 2 aromatic heterocycles. The topological polar surface area (TPSA) is 50.9 Å². The Morgan fingerprint density at radius 1 is 1.44 bits per heavy atom. The second-order valence-corrected chi connectivity index (χ2v) is 4.94. The highest BCUT2D eigenvalue weighted by atomic mass is 79.9. The van der Waals surface area contributed by atoms with E-state index in [-0.39, 0.29) is 11.9 Å². The fraction of sp³-hybridized carbons (Fsp3) is 0.100. The SMILES string of the molecule is NNC(c1ccc(F)cn1)c1sccc1Br. The van der Waals surface area contributed by atoms with Gasteiger partial charge in [0.15, 0.2) is 0 Å². The van der Waals surface area contributed by atoms with Gasteiger partial charge in [0.1, 0.15) is 5.82 Å². The summed E-state index contributed by atoms with van der Waals surface area (Å²) in [6.45, 7) is 0. The molecule has 2 rings (SSSR count). The zero-order valence-electron chi connectivity index (χ0n) is 8.15. The number of halogens is 2. The van der Waals surface area contributed by atoms with Gasteiger partial charge in [-0.05, 0) is 39.5 Å². The number of aromatic nitrogens is 1. The molecule has 3 nitrogen and oxygen atoms in total. The van der Waals surface area contributed by atoms with Crippen LogP contribution in [0.3, 0.4) is 0 Å². The summed E-state index contributed by atoms with van der Waals surface area (Å²) in [5, 5.41) is 1.95. The van der Waals surface area contributed by atoms with Crippen molar-refractivity contribution in [3.05, 3.63) is 50.6 Å². The van der Waals surface area contributed by atoms with E-state index in [2.05, 4.69) is 26.3 Å². The molecule has 2 aromatic rings. The predicted molar refractivity (Wildman–Crippen MR) is 65.4 cm³/mol. The number of rotatable bonds is 3. The van der Waals surface area contributed by atoms with E-state index in [1.807, 2.05) is 11.4 Å². The van der Waals surface area contributed by atoms with Gasteiger partial charge >= 0.3 is 0 Å². The fourth-order valence-electron chi connectivity index (χ4n) is 1.36. The number of thiophene rings is 1. The van der Waals surface area contributed by atoms with Gasteiger partial charge in [-0.15, -0.1) is 11.3 Å². The van der Waals surface area contributed by atoms with Crippen molar-refractivity contribution in [2.45, 2.75) is 6.04 Å². The molecule has 3 N–H and O–H groups in total. The van der Waals surface area contributed by atoms with E-state index in [0.717, 1.165) is 9.35 Å². The lowest BCUT2D eigenvalue weighted by atomic mass is 10.1. The first kappa shape index (κ1) is 11.7. The summed E-state index contributed by atoms with van der Waals surface area (Å²) in [4.78, 5) is 5.03. The lowest BCUT2D eigenvalue weighted by Gasteiger charge is -2.14. The van der Waals surface area contributed by atoms with Crippen molar-refractivity contribution in [1.29, 1.82) is 0 Å². The molecular formula is C10H9BrFN3S. The Bertz CT molecular complexity index is 471. The molecule has 84 valence electrons. The number of nitrogens with one attached hydrogen (secondary N) is 1. The van der Waals surface area contributed by atoms with Crippen molar-refractivity contribution in [3.8, 4) is 0 Å². The minimum atomic E-state index is -0.357. The fourth-order valence-corrected chi connectivity index (χ4v) is 3.04. The highest BCUT2D eigenvalue weighted by Crippen LogP contribution is 2.31. The van der Waals surface area contributed by atoms with Gasteiger partial charge < -0.3 is 0 Å². The minimum Gasteiger partial charge on any atom is -0.270 e. The predicted octanol–water partition coefficient (Wildman–Crippen LogP) is 2.60. The lowest BCUT2D eigenvalue weighted by molar-refractivity contribution is 0.600. The summed E-state index contributed by atoms with van der Waals surface area (Å²) in [5.74, 6) is 5.15. The molecular weight excluding hydrogens is 293 g/mol. The average molecular weight is 302 g/mol. The monoisotopic (exact) mass is 301 g/mol. The van der Waals surface area contributed by atoms with Crippen molar-refractivity contribution in [1.82, 2.24) is 10.4 Å². The maximum Gasteiger partial charge on any atom is 0.141 e. The van der Waals surface area contributed by atoms with Crippen molar-refractivity contribution in [3.63, 3.8) is 0 Å². The van der Waals surface area contributed by atoms with Crippen molar-refractivity contribution in [2.75, 3.05) is 0 Å². The summed E-state index contributed by atoms with van der Waals surface area (Å²) in [6.07, 6.45) is 1.18. The van der Waals surface area contributed by atoms with E-state index in [1.54, 1.807) is 17.4 Å². The first-order chi connectivity index (χ1) is 7.72. The van der Waals surface area contributed by atoms with Gasteiger partial charge in [-0.2, -0.15) is 0 Å². The summed E-state index contributed by atoms with van der Waals surface area (Å²) in [6, 6.07) is 4.70. The normalized spacial score (nSPS) is 12.7. The molecule has 0 aliphatic rings. The third-order valence-corrected chi connectivity index (χ3v) is 4.06. The molecule has 0 bridgehead atoms. The molecule has 0 aromatic carbocycles. The third kappa shape index (κ3) is 2.30. The Hall–Kier alpha value is -0.820. The van der Waals surface area contributed by atoms with Crippen LogP contribution >= 0.6 is 27.3 Å². The molecule has 1 unspecified atom stereocenters. The second-order valence-electron chi connectivity index (χ2n) is 3.13. The third-order valence-electron chi connectivity index (χ3n) is 2.12. The average Bonchev–Trinajstić information content (AvgIpc) is 2.69. The quantitative estimate of drug-likeness (QED) is 0.677. The highest BCUT2D eigenvalue weighted by molar-refractivity contribution is 9.10. The van der Waals surface area contributed by atoms with Crippen LogP contribution in [-0.4, -0.2) is 4.98 Å². The molecule has 2 heterocycles. The number of hydrogen-bond donors (Lipinski definition) is 2. The van der Waals surface area contributed by atoms with Crippen LogP contribution in [0.1, 0.15) is 16.6 Å². The first-order valence-corrected chi connectivity index (χ1v) is 6.20. The molecule has 0 radical (unpaired) electrons. The highest BCUT2D eigenvalue weighted by Gasteiger charge is 2.17. The molecule has 1 atom stereocenters. The van der Waals surface area contributed by atoms with E-state index < -0.39 is 0 Å². The summed E-state index contributed by atoms with van der Waals surface area (Å²) >= 11 is 4.99. The molecule has 0 saturated carbocycles. The Morgan fingerprint density at radius 2 is 2.25 bits per heavy atom. The molecule has 6 heteroatoms. The zero-order chi connectivity index (χ0) is 11.5. The van der Waals surface area contributed by atoms with Gasteiger partial charge in [-0.1, -0.05) is 0 Å². The van der Waals surface area contributed by atoms with E-state index >= 15 is 0 Å². The minimum absolute atomic E-state index is 0.227. The number of hydrazine groups is 1. The van der Waals surface area contributed by atoms with Crippen LogP contribution in [0.4, 0.5) is 4.39 Å². The second kappa shape index (κ2) is 5.01. The summed E-state index contributed by atoms with van der Waals surface area (Å²) in [5.41, 5.74) is 3.36. The Labute approximate surface area is 105 Å². The number of pyridine rings is 1. The van der Waals surface area contributed by atoms with Crippen LogP contribution in [0.15, 0.2) is 34.2 Å². The summed E-state index contributed by atoms with van der Waals surface area (Å²) in [7, 11) is 0. The standard InChI is InChI=1S/C10H9BrFN3S/c11-7-3-4-16-10(7)9(15-13)8-2-1-6(12)5-14-8/h1-5,9,15H,13H2. The van der Waals surface area contributed by atoms with Crippen LogP contribution in [-0.2, 0) is 0 Å². The Kier molecular flexibility index (Phi) is 3.65. The maximum absolute atomic E-state index is 12.8. The first-order valence-electron chi connectivity index (χ1n) is 4.53. The number of nitrogens with two attached hydrogens (primary N) is 1. The van der Waals surface area contributed by atoms with Gasteiger partial charge in [0.2, 0.25) is 0 Å². The molecule has 0 amide bonds. The molecule has 0 saturated heterocycles. The van der Waals surface area contributed by atoms with Gasteiger partial charge in [0.05, 0.1) is 17.9 Å². The maximum atomic E-state index is 12.8. The van der Waals surface area contributed by atoms with Crippen molar-refractivity contribution < 1.29 is 4.39 Å². The van der Waals surface area contributed by atoms with E-state index in [1.165, 1.54) is 12.3 Å². The Balaban J connectivity index is 2.37. The molecule has 0 aliphatic carbocycles. The van der Waals surface area contributed by atoms with Crippen molar-refractivity contribution >= 4 is 27.3 Å². The lowest BCUT2D eigenvalue weighted by Crippen LogP contribution is -2.29. The van der Waals surface area contributed by atoms with Gasteiger partial charge in [-0.3, -0.25) is 10.8 Å². The smallest absolute Gasteiger partial charge is 0.141 e. The largest absolute Gasteiger partial charge is 0.270 e. The van der Waals surface area contributed by atoms with Crippen LogP contribution < -0.4 is 11.3 Å². The number of hydrogen-bond acceptors (Lipinski definition) is 4. The number of nitrogens with zero attached hydrogens (tertiary/aromatic N) is 1. The van der Waals surface area contributed by atoms with Gasteiger partial charge in [0, 0.05) is 9.35 Å². The van der Waals surface area contributed by atoms with Gasteiger partial charge in [0.25, 0.3) is 0 Å².